The molecule has 0 heterocycles. The highest BCUT2D eigenvalue weighted by molar-refractivity contribution is 5.91. The van der Waals surface area contributed by atoms with Crippen LogP contribution in [0.15, 0.2) is 54.6 Å². The number of nitrogens with two attached hydrogens (primary N) is 3. The number of anilines is 1. The first kappa shape index (κ1) is 35.6. The third-order valence-corrected chi connectivity index (χ3v) is 4.37. The third kappa shape index (κ3) is 23.9. The van der Waals surface area contributed by atoms with E-state index < -0.39 is 18.0 Å². The first-order valence-corrected chi connectivity index (χ1v) is 12.1. The van der Waals surface area contributed by atoms with Gasteiger partial charge in [-0.15, -0.1) is 0 Å². The van der Waals surface area contributed by atoms with Crippen molar-refractivity contribution in [2.45, 2.75) is 58.4 Å². The lowest BCUT2D eigenvalue weighted by atomic mass is 10.1. The molecule has 2 aromatic rings. The van der Waals surface area contributed by atoms with Gasteiger partial charge in [-0.1, -0.05) is 43.7 Å². The minimum Gasteiger partial charge on any atom is -0.481 e. The van der Waals surface area contributed by atoms with Crippen LogP contribution in [0.4, 0.5) is 5.69 Å². The molecule has 2 rings (SSSR count). The molecule has 0 fully saturated rings. The number of aldehydes is 1. The average Bonchev–Trinajstić information content (AvgIpc) is 2.86. The van der Waals surface area contributed by atoms with Gasteiger partial charge in [0.15, 0.2) is 0 Å². The summed E-state index contributed by atoms with van der Waals surface area (Å²) >= 11 is 0. The molecule has 0 saturated heterocycles. The van der Waals surface area contributed by atoms with Gasteiger partial charge in [0, 0.05) is 24.6 Å². The summed E-state index contributed by atoms with van der Waals surface area (Å²) in [6.07, 6.45) is 5.28. The second kappa shape index (κ2) is 24.1. The fraction of sp³-hybridized carbons (Fsp3) is 0.407. The Kier molecular flexibility index (Phi) is 23.2. The molecule has 0 aliphatic heterocycles. The number of carbonyl (C=O) groups excluding carboxylic acids is 2. The summed E-state index contributed by atoms with van der Waals surface area (Å²) in [4.78, 5) is 40.7. The number of benzene rings is 2. The summed E-state index contributed by atoms with van der Waals surface area (Å²) in [5.41, 5.74) is 18.4. The lowest BCUT2D eigenvalue weighted by Crippen LogP contribution is -2.29. The quantitative estimate of drug-likeness (QED) is 0.191. The van der Waals surface area contributed by atoms with Gasteiger partial charge in [-0.25, -0.2) is 0 Å². The average molecular weight is 519 g/mol. The lowest BCUT2D eigenvalue weighted by Gasteiger charge is -2.03. The minimum absolute atomic E-state index is 0.00588. The zero-order chi connectivity index (χ0) is 28.5. The molecular weight excluding hydrogens is 476 g/mol. The van der Waals surface area contributed by atoms with Crippen molar-refractivity contribution in [1.82, 2.24) is 0 Å². The van der Waals surface area contributed by atoms with Gasteiger partial charge in [0.25, 0.3) is 5.97 Å². The van der Waals surface area contributed by atoms with Crippen molar-refractivity contribution in [3.63, 3.8) is 0 Å². The van der Waals surface area contributed by atoms with E-state index in [1.807, 2.05) is 25.1 Å². The normalized spacial score (nSPS) is 10.1. The smallest absolute Gasteiger partial charge is 0.320 e. The molecule has 1 amide bonds. The van der Waals surface area contributed by atoms with Crippen molar-refractivity contribution in [3.8, 4) is 0 Å². The Hall–Kier alpha value is -3.60. The highest BCUT2D eigenvalue weighted by Gasteiger charge is 2.09. The second-order valence-electron chi connectivity index (χ2n) is 7.81. The fourth-order valence-corrected chi connectivity index (χ4v) is 2.54. The van der Waals surface area contributed by atoms with Crippen LogP contribution in [0.5, 0.6) is 0 Å². The van der Waals surface area contributed by atoms with Gasteiger partial charge in [0.1, 0.15) is 12.3 Å². The Labute approximate surface area is 219 Å². The monoisotopic (exact) mass is 518 g/mol. The van der Waals surface area contributed by atoms with Crippen LogP contribution in [0.1, 0.15) is 61.9 Å². The zero-order valence-corrected chi connectivity index (χ0v) is 21.8. The van der Waals surface area contributed by atoms with E-state index in [1.54, 1.807) is 24.3 Å². The Bertz CT molecular complexity index is 872. The van der Waals surface area contributed by atoms with E-state index in [0.29, 0.717) is 24.9 Å². The molecule has 0 spiro atoms. The highest BCUT2D eigenvalue weighted by Crippen LogP contribution is 2.08. The van der Waals surface area contributed by atoms with Crippen molar-refractivity contribution in [2.75, 3.05) is 18.4 Å². The van der Waals surface area contributed by atoms with Crippen molar-refractivity contribution < 1.29 is 29.4 Å². The minimum atomic E-state index is -0.933. The molecule has 1 atom stereocenters. The maximum absolute atomic E-state index is 11.2. The molecule has 0 bridgehead atoms. The van der Waals surface area contributed by atoms with Crippen molar-refractivity contribution in [1.29, 1.82) is 0 Å². The lowest BCUT2D eigenvalue weighted by molar-refractivity contribution is -0.138. The van der Waals surface area contributed by atoms with Gasteiger partial charge in [0.05, 0.1) is 0 Å². The molecule has 9 N–H and O–H groups in total. The molecule has 37 heavy (non-hydrogen) atoms. The Morgan fingerprint density at radius 2 is 1.51 bits per heavy atom. The number of rotatable bonds is 11. The number of hydrogen-bond acceptors (Lipinski definition) is 7. The largest absolute Gasteiger partial charge is 0.481 e. The van der Waals surface area contributed by atoms with Crippen LogP contribution < -0.4 is 22.5 Å². The van der Waals surface area contributed by atoms with Crippen LogP contribution in [0.3, 0.4) is 0 Å². The molecular formula is C27H42N4O6. The fourth-order valence-electron chi connectivity index (χ4n) is 2.54. The molecule has 0 saturated carbocycles. The van der Waals surface area contributed by atoms with Crippen LogP contribution in [0.2, 0.25) is 0 Å². The van der Waals surface area contributed by atoms with Crippen LogP contribution in [-0.2, 0) is 20.8 Å². The maximum atomic E-state index is 11.2. The van der Waals surface area contributed by atoms with Gasteiger partial charge in [-0.2, -0.15) is 0 Å². The summed E-state index contributed by atoms with van der Waals surface area (Å²) in [7, 11) is 0. The topological polar surface area (TPSA) is 199 Å². The van der Waals surface area contributed by atoms with Gasteiger partial charge >= 0.3 is 5.97 Å². The number of carboxylic acid groups (broad SMARTS) is 2. The zero-order valence-electron chi connectivity index (χ0n) is 21.8. The number of carboxylic acids is 2. The SMILES string of the molecule is CC(=O)O.CCCC(=O)Nc1ccc(C=O)cc1.NCCCC[C@H](N)C(=O)O.NCCc1ccccc1. The number of aliphatic carboxylic acids is 2. The number of hydrogen-bond donors (Lipinski definition) is 6. The Morgan fingerprint density at radius 1 is 0.946 bits per heavy atom. The second-order valence-corrected chi connectivity index (χ2v) is 7.81. The molecule has 0 aromatic heterocycles. The van der Waals surface area contributed by atoms with E-state index in [1.165, 1.54) is 5.56 Å². The van der Waals surface area contributed by atoms with Gasteiger partial charge in [-0.05, 0) is 68.6 Å². The molecule has 0 unspecified atom stereocenters. The van der Waals surface area contributed by atoms with E-state index in [4.69, 9.17) is 32.2 Å². The molecule has 0 aliphatic rings. The molecule has 10 heteroatoms. The molecule has 0 aliphatic carbocycles. The van der Waals surface area contributed by atoms with Crippen LogP contribution in [0, 0.1) is 0 Å². The predicted octanol–water partition coefficient (Wildman–Crippen LogP) is 3.04. The summed E-state index contributed by atoms with van der Waals surface area (Å²) in [6.45, 7) is 4.38. The van der Waals surface area contributed by atoms with E-state index >= 15 is 0 Å². The first-order chi connectivity index (χ1) is 17.6. The molecule has 2 aromatic carbocycles. The molecule has 206 valence electrons. The van der Waals surface area contributed by atoms with E-state index in [2.05, 4.69) is 17.4 Å². The van der Waals surface area contributed by atoms with E-state index in [-0.39, 0.29) is 5.91 Å². The predicted molar refractivity (Wildman–Crippen MR) is 146 cm³/mol. The van der Waals surface area contributed by atoms with Gasteiger partial charge in [-0.3, -0.25) is 19.2 Å². The Balaban J connectivity index is 0. The summed E-state index contributed by atoms with van der Waals surface area (Å²) in [5, 5.41) is 18.5. The Morgan fingerprint density at radius 3 is 1.95 bits per heavy atom. The maximum Gasteiger partial charge on any atom is 0.320 e. The summed E-state index contributed by atoms with van der Waals surface area (Å²) < 4.78 is 0. The molecule has 0 radical (unpaired) electrons. The first-order valence-electron chi connectivity index (χ1n) is 12.1. The van der Waals surface area contributed by atoms with Crippen molar-refractivity contribution in [2.24, 2.45) is 17.2 Å². The van der Waals surface area contributed by atoms with E-state index in [9.17, 15) is 14.4 Å². The van der Waals surface area contributed by atoms with Gasteiger partial charge < -0.3 is 32.7 Å². The number of unbranched alkanes of at least 4 members (excludes halogenated alkanes) is 1. The molecule has 10 nitrogen and oxygen atoms in total. The number of nitrogens with one attached hydrogen (secondary N) is 1. The van der Waals surface area contributed by atoms with Gasteiger partial charge in [0.2, 0.25) is 5.91 Å². The van der Waals surface area contributed by atoms with Crippen LogP contribution in [-0.4, -0.2) is 53.5 Å². The van der Waals surface area contributed by atoms with Crippen molar-refractivity contribution in [3.05, 3.63) is 65.7 Å². The summed E-state index contributed by atoms with van der Waals surface area (Å²) in [5.74, 6) is -1.76. The van der Waals surface area contributed by atoms with E-state index in [0.717, 1.165) is 51.1 Å². The van der Waals surface area contributed by atoms with Crippen LogP contribution >= 0.6 is 0 Å². The standard InChI is InChI=1S/C11H13NO2.C8H11N.C6H14N2O2.C2H4O2/c1-2-3-11(14)12-10-6-4-9(8-13)5-7-10;9-7-6-8-4-2-1-3-5-8;7-4-2-1-3-5(8)6(9)10;1-2(3)4/h4-8H,2-3H2,1H3,(H,12,14);1-5H,6-7,9H2;5H,1-4,7-8H2,(H,9,10);1H3,(H,3,4)/t;;5-;/m..0./s1. The van der Waals surface area contributed by atoms with Crippen LogP contribution in [0.25, 0.3) is 0 Å². The number of carbonyl (C=O) groups is 4. The highest BCUT2D eigenvalue weighted by atomic mass is 16.4. The third-order valence-electron chi connectivity index (χ3n) is 4.37. The van der Waals surface area contributed by atoms with Crippen molar-refractivity contribution >= 4 is 29.8 Å². The summed E-state index contributed by atoms with van der Waals surface area (Å²) in [6, 6.07) is 16.3. The number of amides is 1.